The van der Waals surface area contributed by atoms with Crippen LogP contribution < -0.4 is 0 Å². The SMILES string of the molecule is C=CC(C)c1cccc(Br)c1. The zero-order valence-electron chi connectivity index (χ0n) is 6.55. The summed E-state index contributed by atoms with van der Waals surface area (Å²) in [5.74, 6) is 0.437. The lowest BCUT2D eigenvalue weighted by atomic mass is 10.0. The van der Waals surface area contributed by atoms with Crippen molar-refractivity contribution >= 4 is 15.9 Å². The van der Waals surface area contributed by atoms with Gasteiger partial charge in [0.15, 0.2) is 0 Å². The van der Waals surface area contributed by atoms with Crippen molar-refractivity contribution in [3.05, 3.63) is 47.0 Å². The molecule has 0 aliphatic rings. The molecule has 0 aliphatic heterocycles. The fourth-order valence-corrected chi connectivity index (χ4v) is 1.34. The Hall–Kier alpha value is -0.560. The third-order valence-electron chi connectivity index (χ3n) is 1.73. The molecule has 0 saturated carbocycles. The summed E-state index contributed by atoms with van der Waals surface area (Å²) < 4.78 is 1.13. The van der Waals surface area contributed by atoms with Gasteiger partial charge in [-0.1, -0.05) is 41.1 Å². The molecule has 1 aromatic rings. The zero-order valence-corrected chi connectivity index (χ0v) is 8.14. The maximum atomic E-state index is 3.75. The number of allylic oxidation sites excluding steroid dienone is 1. The molecule has 0 bridgehead atoms. The zero-order chi connectivity index (χ0) is 8.27. The van der Waals surface area contributed by atoms with E-state index in [0.29, 0.717) is 5.92 Å². The first-order valence-electron chi connectivity index (χ1n) is 3.62. The molecule has 0 amide bonds. The molecule has 0 heterocycles. The first kappa shape index (κ1) is 8.54. The Morgan fingerprint density at radius 2 is 2.27 bits per heavy atom. The molecule has 58 valence electrons. The molecule has 1 aromatic carbocycles. The minimum atomic E-state index is 0.437. The number of benzene rings is 1. The van der Waals surface area contributed by atoms with Gasteiger partial charge in [-0.15, -0.1) is 6.58 Å². The molecule has 0 aromatic heterocycles. The molecule has 0 spiro atoms. The van der Waals surface area contributed by atoms with E-state index < -0.39 is 0 Å². The van der Waals surface area contributed by atoms with E-state index in [-0.39, 0.29) is 0 Å². The van der Waals surface area contributed by atoms with Crippen LogP contribution in [-0.2, 0) is 0 Å². The van der Waals surface area contributed by atoms with Crippen molar-refractivity contribution in [2.45, 2.75) is 12.8 Å². The molecule has 0 aliphatic carbocycles. The number of hydrogen-bond acceptors (Lipinski definition) is 0. The van der Waals surface area contributed by atoms with Gasteiger partial charge in [0.1, 0.15) is 0 Å². The summed E-state index contributed by atoms with van der Waals surface area (Å²) in [6.45, 7) is 5.89. The van der Waals surface area contributed by atoms with Crippen LogP contribution in [0.5, 0.6) is 0 Å². The Bertz CT molecular complexity index is 253. The molecular weight excluding hydrogens is 200 g/mol. The lowest BCUT2D eigenvalue weighted by Gasteiger charge is -2.05. The highest BCUT2D eigenvalue weighted by Gasteiger charge is 1.99. The molecule has 0 nitrogen and oxygen atoms in total. The van der Waals surface area contributed by atoms with Crippen molar-refractivity contribution in [2.24, 2.45) is 0 Å². The van der Waals surface area contributed by atoms with Gasteiger partial charge in [0.05, 0.1) is 0 Å². The van der Waals surface area contributed by atoms with Gasteiger partial charge in [-0.25, -0.2) is 0 Å². The smallest absolute Gasteiger partial charge is 0.0178 e. The predicted molar refractivity (Wildman–Crippen MR) is 52.8 cm³/mol. The van der Waals surface area contributed by atoms with Crippen LogP contribution in [0.3, 0.4) is 0 Å². The van der Waals surface area contributed by atoms with E-state index in [1.54, 1.807) is 0 Å². The van der Waals surface area contributed by atoms with Crippen LogP contribution in [0, 0.1) is 0 Å². The monoisotopic (exact) mass is 210 g/mol. The molecule has 1 heteroatoms. The molecule has 0 N–H and O–H groups in total. The van der Waals surface area contributed by atoms with Gasteiger partial charge in [0.2, 0.25) is 0 Å². The first-order chi connectivity index (χ1) is 5.24. The molecular formula is C10H11Br. The van der Waals surface area contributed by atoms with E-state index in [1.165, 1.54) is 5.56 Å². The van der Waals surface area contributed by atoms with Crippen molar-refractivity contribution in [1.82, 2.24) is 0 Å². The van der Waals surface area contributed by atoms with Crippen LogP contribution in [0.15, 0.2) is 41.4 Å². The molecule has 11 heavy (non-hydrogen) atoms. The van der Waals surface area contributed by atoms with Gasteiger partial charge in [0, 0.05) is 4.47 Å². The van der Waals surface area contributed by atoms with Crippen LogP contribution in [0.4, 0.5) is 0 Å². The van der Waals surface area contributed by atoms with Crippen LogP contribution >= 0.6 is 15.9 Å². The second-order valence-corrected chi connectivity index (χ2v) is 3.50. The Morgan fingerprint density at radius 1 is 1.55 bits per heavy atom. The fraction of sp³-hybridized carbons (Fsp3) is 0.200. The number of hydrogen-bond donors (Lipinski definition) is 0. The van der Waals surface area contributed by atoms with Gasteiger partial charge >= 0.3 is 0 Å². The summed E-state index contributed by atoms with van der Waals surface area (Å²) >= 11 is 3.43. The van der Waals surface area contributed by atoms with Crippen LogP contribution in [0.1, 0.15) is 18.4 Å². The highest BCUT2D eigenvalue weighted by Crippen LogP contribution is 2.19. The predicted octanol–water partition coefficient (Wildman–Crippen LogP) is 3.74. The normalized spacial score (nSPS) is 12.5. The summed E-state index contributed by atoms with van der Waals surface area (Å²) in [6, 6.07) is 8.29. The number of rotatable bonds is 2. The standard InChI is InChI=1S/C10H11Br/c1-3-8(2)9-5-4-6-10(11)7-9/h3-8H,1H2,2H3. The van der Waals surface area contributed by atoms with Crippen molar-refractivity contribution in [2.75, 3.05) is 0 Å². The average Bonchev–Trinajstić information content (AvgIpc) is 2.03. The maximum Gasteiger partial charge on any atom is 0.0178 e. The van der Waals surface area contributed by atoms with E-state index in [9.17, 15) is 0 Å². The van der Waals surface area contributed by atoms with Crippen LogP contribution in [0.25, 0.3) is 0 Å². The van der Waals surface area contributed by atoms with Crippen molar-refractivity contribution in [1.29, 1.82) is 0 Å². The third kappa shape index (κ3) is 2.19. The lowest BCUT2D eigenvalue weighted by molar-refractivity contribution is 0.970. The summed E-state index contributed by atoms with van der Waals surface area (Å²) in [4.78, 5) is 0. The van der Waals surface area contributed by atoms with E-state index in [0.717, 1.165) is 4.47 Å². The van der Waals surface area contributed by atoms with Crippen LogP contribution in [0.2, 0.25) is 0 Å². The Morgan fingerprint density at radius 3 is 2.82 bits per heavy atom. The van der Waals surface area contributed by atoms with Crippen LogP contribution in [-0.4, -0.2) is 0 Å². The molecule has 1 atom stereocenters. The second kappa shape index (κ2) is 3.72. The minimum Gasteiger partial charge on any atom is -0.102 e. The molecule has 0 radical (unpaired) electrons. The summed E-state index contributed by atoms with van der Waals surface area (Å²) in [6.07, 6.45) is 1.95. The van der Waals surface area contributed by atoms with Gasteiger partial charge in [-0.05, 0) is 23.6 Å². The van der Waals surface area contributed by atoms with Gasteiger partial charge in [0.25, 0.3) is 0 Å². The lowest BCUT2D eigenvalue weighted by Crippen LogP contribution is -1.86. The second-order valence-electron chi connectivity index (χ2n) is 2.58. The number of halogens is 1. The van der Waals surface area contributed by atoms with Gasteiger partial charge in [-0.3, -0.25) is 0 Å². The fourth-order valence-electron chi connectivity index (χ4n) is 0.926. The van der Waals surface area contributed by atoms with Crippen molar-refractivity contribution in [3.8, 4) is 0 Å². The van der Waals surface area contributed by atoms with Gasteiger partial charge < -0.3 is 0 Å². The topological polar surface area (TPSA) is 0 Å². The highest BCUT2D eigenvalue weighted by atomic mass is 79.9. The first-order valence-corrected chi connectivity index (χ1v) is 4.41. The third-order valence-corrected chi connectivity index (χ3v) is 2.22. The van der Waals surface area contributed by atoms with E-state index in [1.807, 2.05) is 18.2 Å². The Kier molecular flexibility index (Phi) is 2.89. The molecule has 0 saturated heterocycles. The Balaban J connectivity index is 2.95. The van der Waals surface area contributed by atoms with Crippen molar-refractivity contribution in [3.63, 3.8) is 0 Å². The van der Waals surface area contributed by atoms with E-state index >= 15 is 0 Å². The van der Waals surface area contributed by atoms with Gasteiger partial charge in [-0.2, -0.15) is 0 Å². The van der Waals surface area contributed by atoms with Crippen molar-refractivity contribution < 1.29 is 0 Å². The highest BCUT2D eigenvalue weighted by molar-refractivity contribution is 9.10. The molecule has 0 fully saturated rings. The molecule has 1 unspecified atom stereocenters. The molecule has 1 rings (SSSR count). The summed E-state index contributed by atoms with van der Waals surface area (Å²) in [5.41, 5.74) is 1.30. The van der Waals surface area contributed by atoms with E-state index in [4.69, 9.17) is 0 Å². The van der Waals surface area contributed by atoms with E-state index in [2.05, 4.69) is 41.6 Å². The minimum absolute atomic E-state index is 0.437. The Labute approximate surface area is 76.1 Å². The quantitative estimate of drug-likeness (QED) is 0.653. The summed E-state index contributed by atoms with van der Waals surface area (Å²) in [7, 11) is 0. The summed E-state index contributed by atoms with van der Waals surface area (Å²) in [5, 5.41) is 0. The average molecular weight is 211 g/mol. The largest absolute Gasteiger partial charge is 0.102 e. The maximum absolute atomic E-state index is 3.75.